The number of aliphatic hydroxyl groups is 1. The highest BCUT2D eigenvalue weighted by Gasteiger charge is 2.14. The van der Waals surface area contributed by atoms with Crippen molar-refractivity contribution in [3.63, 3.8) is 0 Å². The number of hydrogen-bond donors (Lipinski definition) is 1. The van der Waals surface area contributed by atoms with Crippen LogP contribution in [0.3, 0.4) is 0 Å². The molecule has 4 heteroatoms. The summed E-state index contributed by atoms with van der Waals surface area (Å²) in [6, 6.07) is 12.9. The third kappa shape index (κ3) is 3.75. The Balaban J connectivity index is 2.22. The molecule has 1 N–H and O–H groups in total. The Morgan fingerprint density at radius 2 is 1.75 bits per heavy atom. The number of halogens is 2. The molecule has 0 saturated carbocycles. The molecule has 0 aromatic heterocycles. The predicted molar refractivity (Wildman–Crippen MR) is 85.4 cm³/mol. The summed E-state index contributed by atoms with van der Waals surface area (Å²) in [5, 5.41) is 10.9. The van der Waals surface area contributed by atoms with Gasteiger partial charge in [-0.2, -0.15) is 0 Å². The van der Waals surface area contributed by atoms with E-state index in [1.54, 1.807) is 6.07 Å². The minimum absolute atomic E-state index is 0.131. The first-order valence-corrected chi connectivity index (χ1v) is 7.54. The first-order chi connectivity index (χ1) is 9.47. The van der Waals surface area contributed by atoms with Crippen molar-refractivity contribution in [3.05, 3.63) is 63.1 Å². The number of rotatable bonds is 4. The Hall–Kier alpha value is -1.03. The van der Waals surface area contributed by atoms with Crippen molar-refractivity contribution in [2.45, 2.75) is 26.1 Å². The largest absolute Gasteiger partial charge is 0.491 e. The molecular weight excluding hydrogens is 340 g/mol. The number of hydrogen-bond acceptors (Lipinski definition) is 2. The smallest absolute Gasteiger partial charge is 0.119 e. The molecule has 20 heavy (non-hydrogen) atoms. The zero-order chi connectivity index (χ0) is 14.7. The standard InChI is InChI=1S/C16H16BrClO2/c1-10(2)20-13-6-3-11(4-7-13)16(19)14-8-5-12(17)9-15(14)18/h3-10,16,19H,1-2H3. The van der Waals surface area contributed by atoms with Gasteiger partial charge in [0.15, 0.2) is 0 Å². The Kier molecular flexibility index (Phi) is 5.08. The van der Waals surface area contributed by atoms with E-state index in [0.29, 0.717) is 10.6 Å². The maximum Gasteiger partial charge on any atom is 0.119 e. The molecule has 106 valence electrons. The van der Waals surface area contributed by atoms with E-state index in [4.69, 9.17) is 16.3 Å². The van der Waals surface area contributed by atoms with Gasteiger partial charge in [0.1, 0.15) is 11.9 Å². The predicted octanol–water partition coefficient (Wildman–Crippen LogP) is 4.97. The molecule has 0 radical (unpaired) electrons. The molecule has 2 aromatic carbocycles. The van der Waals surface area contributed by atoms with Crippen LogP contribution in [-0.4, -0.2) is 11.2 Å². The lowest BCUT2D eigenvalue weighted by Crippen LogP contribution is -2.06. The summed E-state index contributed by atoms with van der Waals surface area (Å²) >= 11 is 9.51. The second-order valence-electron chi connectivity index (χ2n) is 4.80. The average molecular weight is 356 g/mol. The van der Waals surface area contributed by atoms with Gasteiger partial charge < -0.3 is 9.84 Å². The van der Waals surface area contributed by atoms with E-state index in [1.165, 1.54) is 0 Å². The fourth-order valence-corrected chi connectivity index (χ4v) is 2.68. The van der Waals surface area contributed by atoms with Crippen LogP contribution in [0.4, 0.5) is 0 Å². The van der Waals surface area contributed by atoms with E-state index >= 15 is 0 Å². The maximum absolute atomic E-state index is 10.4. The molecule has 0 amide bonds. The Morgan fingerprint density at radius 1 is 1.10 bits per heavy atom. The zero-order valence-electron chi connectivity index (χ0n) is 11.3. The molecule has 0 bridgehead atoms. The Labute approximate surface area is 132 Å². The molecule has 0 heterocycles. The molecule has 1 unspecified atom stereocenters. The lowest BCUT2D eigenvalue weighted by atomic mass is 10.0. The van der Waals surface area contributed by atoms with Crippen molar-refractivity contribution in [3.8, 4) is 5.75 Å². The summed E-state index contributed by atoms with van der Waals surface area (Å²) < 4.78 is 6.47. The highest BCUT2D eigenvalue weighted by Crippen LogP contribution is 2.31. The number of benzene rings is 2. The van der Waals surface area contributed by atoms with Crippen molar-refractivity contribution in [1.82, 2.24) is 0 Å². The molecule has 2 aromatic rings. The van der Waals surface area contributed by atoms with E-state index in [9.17, 15) is 5.11 Å². The summed E-state index contributed by atoms with van der Waals surface area (Å²) in [4.78, 5) is 0. The van der Waals surface area contributed by atoms with Gasteiger partial charge in [-0.25, -0.2) is 0 Å². The summed E-state index contributed by atoms with van der Waals surface area (Å²) in [6.45, 7) is 3.95. The monoisotopic (exact) mass is 354 g/mol. The fraction of sp³-hybridized carbons (Fsp3) is 0.250. The van der Waals surface area contributed by atoms with Crippen LogP contribution in [0.1, 0.15) is 31.1 Å². The molecule has 0 aliphatic heterocycles. The zero-order valence-corrected chi connectivity index (χ0v) is 13.6. The summed E-state index contributed by atoms with van der Waals surface area (Å²) in [7, 11) is 0. The Bertz CT molecular complexity index is 582. The SMILES string of the molecule is CC(C)Oc1ccc(C(O)c2ccc(Br)cc2Cl)cc1. The Morgan fingerprint density at radius 3 is 2.30 bits per heavy atom. The van der Waals surface area contributed by atoms with Gasteiger partial charge in [0.05, 0.1) is 6.10 Å². The molecule has 2 rings (SSSR count). The number of aliphatic hydroxyl groups excluding tert-OH is 1. The molecule has 0 aliphatic carbocycles. The van der Waals surface area contributed by atoms with E-state index in [0.717, 1.165) is 15.8 Å². The van der Waals surface area contributed by atoms with Crippen LogP contribution in [0, 0.1) is 0 Å². The third-order valence-corrected chi connectivity index (χ3v) is 3.65. The summed E-state index contributed by atoms with van der Waals surface area (Å²) in [5.74, 6) is 0.790. The van der Waals surface area contributed by atoms with Crippen LogP contribution in [0.2, 0.25) is 5.02 Å². The summed E-state index contributed by atoms with van der Waals surface area (Å²) in [5.41, 5.74) is 1.47. The van der Waals surface area contributed by atoms with Crippen molar-refractivity contribution >= 4 is 27.5 Å². The normalized spacial score (nSPS) is 12.5. The van der Waals surface area contributed by atoms with Gasteiger partial charge in [0.2, 0.25) is 0 Å². The lowest BCUT2D eigenvalue weighted by Gasteiger charge is -2.15. The quantitative estimate of drug-likeness (QED) is 0.839. The molecule has 0 fully saturated rings. The van der Waals surface area contributed by atoms with Crippen LogP contribution in [0.25, 0.3) is 0 Å². The van der Waals surface area contributed by atoms with E-state index in [1.807, 2.05) is 50.2 Å². The van der Waals surface area contributed by atoms with Crippen LogP contribution in [-0.2, 0) is 0 Å². The first kappa shape index (κ1) is 15.4. The van der Waals surface area contributed by atoms with Crippen molar-refractivity contribution < 1.29 is 9.84 Å². The van der Waals surface area contributed by atoms with Gasteiger partial charge in [-0.3, -0.25) is 0 Å². The topological polar surface area (TPSA) is 29.5 Å². The van der Waals surface area contributed by atoms with Gasteiger partial charge in [-0.05, 0) is 43.7 Å². The molecule has 1 atom stereocenters. The highest BCUT2D eigenvalue weighted by atomic mass is 79.9. The van der Waals surface area contributed by atoms with Crippen molar-refractivity contribution in [1.29, 1.82) is 0 Å². The number of ether oxygens (including phenoxy) is 1. The van der Waals surface area contributed by atoms with Crippen LogP contribution in [0.15, 0.2) is 46.9 Å². The lowest BCUT2D eigenvalue weighted by molar-refractivity contribution is 0.219. The van der Waals surface area contributed by atoms with E-state index in [-0.39, 0.29) is 6.10 Å². The average Bonchev–Trinajstić information content (AvgIpc) is 2.38. The molecule has 0 spiro atoms. The van der Waals surface area contributed by atoms with Crippen LogP contribution in [0.5, 0.6) is 5.75 Å². The van der Waals surface area contributed by atoms with Gasteiger partial charge >= 0.3 is 0 Å². The third-order valence-electron chi connectivity index (χ3n) is 2.82. The van der Waals surface area contributed by atoms with Gasteiger partial charge in [-0.15, -0.1) is 0 Å². The first-order valence-electron chi connectivity index (χ1n) is 6.37. The van der Waals surface area contributed by atoms with Gasteiger partial charge in [-0.1, -0.05) is 45.7 Å². The minimum atomic E-state index is -0.747. The van der Waals surface area contributed by atoms with Crippen molar-refractivity contribution in [2.24, 2.45) is 0 Å². The van der Waals surface area contributed by atoms with Gasteiger partial charge in [0, 0.05) is 15.1 Å². The molecule has 0 saturated heterocycles. The van der Waals surface area contributed by atoms with Crippen LogP contribution < -0.4 is 4.74 Å². The van der Waals surface area contributed by atoms with Crippen molar-refractivity contribution in [2.75, 3.05) is 0 Å². The van der Waals surface area contributed by atoms with Gasteiger partial charge in [0.25, 0.3) is 0 Å². The molecule has 0 aliphatic rings. The second-order valence-corrected chi connectivity index (χ2v) is 6.13. The fourth-order valence-electron chi connectivity index (χ4n) is 1.90. The van der Waals surface area contributed by atoms with E-state index in [2.05, 4.69) is 15.9 Å². The minimum Gasteiger partial charge on any atom is -0.491 e. The van der Waals surface area contributed by atoms with Crippen LogP contribution >= 0.6 is 27.5 Å². The second kappa shape index (κ2) is 6.61. The molecular formula is C16H16BrClO2. The summed E-state index contributed by atoms with van der Waals surface area (Å²) in [6.07, 6.45) is -0.615. The van der Waals surface area contributed by atoms with E-state index < -0.39 is 6.10 Å². The molecule has 2 nitrogen and oxygen atoms in total. The maximum atomic E-state index is 10.4. The highest BCUT2D eigenvalue weighted by molar-refractivity contribution is 9.10.